The van der Waals surface area contributed by atoms with Crippen LogP contribution in [0.2, 0.25) is 0 Å². The Morgan fingerprint density at radius 1 is 1.00 bits per heavy atom. The largest absolute Gasteiger partial charge is 0.294 e. The molecule has 0 spiro atoms. The van der Waals surface area contributed by atoms with E-state index in [1.807, 2.05) is 18.2 Å². The average Bonchev–Trinajstić information content (AvgIpc) is 2.66. The SMILES string of the molecule is Cc1ccccc1C(=O)CC(C#N)(C#N)C(C)C(=O)c1ccccc1. The Bertz CT molecular complexity index is 859. The van der Waals surface area contributed by atoms with Crippen molar-refractivity contribution in [3.63, 3.8) is 0 Å². The fraction of sp³-hybridized carbons (Fsp3) is 0.238. The van der Waals surface area contributed by atoms with E-state index in [0.29, 0.717) is 11.1 Å². The molecular weight excluding hydrogens is 312 g/mol. The van der Waals surface area contributed by atoms with Gasteiger partial charge < -0.3 is 0 Å². The summed E-state index contributed by atoms with van der Waals surface area (Å²) in [6.45, 7) is 3.33. The van der Waals surface area contributed by atoms with Gasteiger partial charge in [-0.3, -0.25) is 9.59 Å². The van der Waals surface area contributed by atoms with Crippen LogP contribution in [-0.4, -0.2) is 11.6 Å². The highest BCUT2D eigenvalue weighted by molar-refractivity contribution is 6.01. The summed E-state index contributed by atoms with van der Waals surface area (Å²) in [5.74, 6) is -1.55. The number of ketones is 2. The molecule has 0 radical (unpaired) electrons. The molecule has 2 aromatic rings. The van der Waals surface area contributed by atoms with Crippen LogP contribution in [0.25, 0.3) is 0 Å². The molecule has 0 saturated carbocycles. The molecule has 0 amide bonds. The lowest BCUT2D eigenvalue weighted by Crippen LogP contribution is -2.34. The summed E-state index contributed by atoms with van der Waals surface area (Å²) >= 11 is 0. The molecule has 0 aliphatic heterocycles. The van der Waals surface area contributed by atoms with Crippen molar-refractivity contribution in [2.75, 3.05) is 0 Å². The molecule has 0 bridgehead atoms. The van der Waals surface area contributed by atoms with Crippen molar-refractivity contribution in [1.29, 1.82) is 10.5 Å². The Labute approximate surface area is 147 Å². The van der Waals surface area contributed by atoms with Crippen molar-refractivity contribution < 1.29 is 9.59 Å². The second-order valence-corrected chi connectivity index (χ2v) is 6.06. The zero-order valence-corrected chi connectivity index (χ0v) is 14.2. The summed E-state index contributed by atoms with van der Waals surface area (Å²) in [5, 5.41) is 19.3. The van der Waals surface area contributed by atoms with Gasteiger partial charge in [0.25, 0.3) is 0 Å². The third kappa shape index (κ3) is 3.65. The van der Waals surface area contributed by atoms with E-state index in [4.69, 9.17) is 0 Å². The Balaban J connectivity index is 2.34. The highest BCUT2D eigenvalue weighted by Crippen LogP contribution is 2.34. The highest BCUT2D eigenvalue weighted by atomic mass is 16.1. The second kappa shape index (κ2) is 7.55. The molecule has 1 unspecified atom stereocenters. The minimum Gasteiger partial charge on any atom is -0.294 e. The maximum absolute atomic E-state index is 12.7. The zero-order valence-electron chi connectivity index (χ0n) is 14.2. The predicted molar refractivity (Wildman–Crippen MR) is 93.7 cm³/mol. The number of nitrogens with zero attached hydrogens (tertiary/aromatic N) is 2. The number of Topliss-reactive ketones (excluding diaryl/α,β-unsaturated/α-hetero) is 2. The van der Waals surface area contributed by atoms with Gasteiger partial charge in [-0.1, -0.05) is 61.5 Å². The first-order chi connectivity index (χ1) is 11.9. The number of nitriles is 2. The predicted octanol–water partition coefficient (Wildman–Crippen LogP) is 4.12. The molecule has 124 valence electrons. The lowest BCUT2D eigenvalue weighted by atomic mass is 9.71. The van der Waals surface area contributed by atoms with Crippen molar-refractivity contribution >= 4 is 11.6 Å². The Kier molecular flexibility index (Phi) is 5.47. The Morgan fingerprint density at radius 2 is 1.56 bits per heavy atom. The second-order valence-electron chi connectivity index (χ2n) is 6.06. The first kappa shape index (κ1) is 18.1. The summed E-state index contributed by atoms with van der Waals surface area (Å²) in [6, 6.07) is 19.4. The van der Waals surface area contributed by atoms with E-state index in [1.165, 1.54) is 6.92 Å². The van der Waals surface area contributed by atoms with E-state index in [1.54, 1.807) is 55.5 Å². The van der Waals surface area contributed by atoms with Crippen molar-refractivity contribution in [3.05, 3.63) is 71.3 Å². The van der Waals surface area contributed by atoms with Crippen LogP contribution >= 0.6 is 0 Å². The van der Waals surface area contributed by atoms with Crippen LogP contribution < -0.4 is 0 Å². The molecule has 0 fully saturated rings. The van der Waals surface area contributed by atoms with Gasteiger partial charge in [0.2, 0.25) is 0 Å². The third-order valence-electron chi connectivity index (χ3n) is 4.47. The van der Waals surface area contributed by atoms with Crippen LogP contribution in [0, 0.1) is 40.9 Å². The van der Waals surface area contributed by atoms with Gasteiger partial charge in [0.1, 0.15) is 0 Å². The summed E-state index contributed by atoms with van der Waals surface area (Å²) < 4.78 is 0. The smallest absolute Gasteiger partial charge is 0.168 e. The highest BCUT2D eigenvalue weighted by Gasteiger charge is 2.43. The molecule has 0 aliphatic rings. The number of hydrogen-bond acceptors (Lipinski definition) is 4. The van der Waals surface area contributed by atoms with E-state index in [9.17, 15) is 20.1 Å². The Hall–Kier alpha value is -3.24. The first-order valence-electron chi connectivity index (χ1n) is 7.96. The van der Waals surface area contributed by atoms with Gasteiger partial charge in [-0.15, -0.1) is 0 Å². The quantitative estimate of drug-likeness (QED) is 0.746. The van der Waals surface area contributed by atoms with Crippen LogP contribution in [0.1, 0.15) is 39.6 Å². The summed E-state index contributed by atoms with van der Waals surface area (Å²) in [4.78, 5) is 25.3. The van der Waals surface area contributed by atoms with Crippen LogP contribution in [-0.2, 0) is 0 Å². The van der Waals surface area contributed by atoms with Crippen LogP contribution in [0.4, 0.5) is 0 Å². The van der Waals surface area contributed by atoms with Crippen LogP contribution in [0.5, 0.6) is 0 Å². The topological polar surface area (TPSA) is 81.7 Å². The number of aryl methyl sites for hydroxylation is 1. The molecular formula is C21H18N2O2. The van der Waals surface area contributed by atoms with Crippen molar-refractivity contribution in [3.8, 4) is 12.1 Å². The number of hydrogen-bond donors (Lipinski definition) is 0. The third-order valence-corrected chi connectivity index (χ3v) is 4.47. The van der Waals surface area contributed by atoms with E-state index >= 15 is 0 Å². The molecule has 0 heterocycles. The van der Waals surface area contributed by atoms with Crippen LogP contribution in [0.3, 0.4) is 0 Å². The first-order valence-corrected chi connectivity index (χ1v) is 7.96. The maximum atomic E-state index is 12.7. The normalized spacial score (nSPS) is 11.8. The molecule has 0 aliphatic carbocycles. The van der Waals surface area contributed by atoms with Gasteiger partial charge in [0.05, 0.1) is 18.1 Å². The number of carbonyl (C=O) groups is 2. The number of benzene rings is 2. The molecule has 4 nitrogen and oxygen atoms in total. The van der Waals surface area contributed by atoms with Gasteiger partial charge in [-0.25, -0.2) is 0 Å². The van der Waals surface area contributed by atoms with E-state index in [2.05, 4.69) is 0 Å². The van der Waals surface area contributed by atoms with Crippen molar-refractivity contribution in [2.24, 2.45) is 11.3 Å². The monoisotopic (exact) mass is 330 g/mol. The average molecular weight is 330 g/mol. The fourth-order valence-corrected chi connectivity index (χ4v) is 2.76. The van der Waals surface area contributed by atoms with Gasteiger partial charge in [0, 0.05) is 17.5 Å². The Morgan fingerprint density at radius 3 is 2.12 bits per heavy atom. The standard InChI is InChI=1S/C21H18N2O2/c1-15-8-6-7-11-18(15)19(24)12-21(13-22,14-23)16(2)20(25)17-9-4-3-5-10-17/h3-11,16H,12H2,1-2H3. The summed E-state index contributed by atoms with van der Waals surface area (Å²) in [5.41, 5.74) is -0.0315. The summed E-state index contributed by atoms with van der Waals surface area (Å²) in [7, 11) is 0. The minimum atomic E-state index is -1.70. The lowest BCUT2D eigenvalue weighted by Gasteiger charge is -2.24. The molecule has 0 saturated heterocycles. The molecule has 0 N–H and O–H groups in total. The van der Waals surface area contributed by atoms with E-state index in [-0.39, 0.29) is 18.0 Å². The van der Waals surface area contributed by atoms with Gasteiger partial charge in [0.15, 0.2) is 17.0 Å². The van der Waals surface area contributed by atoms with Crippen molar-refractivity contribution in [1.82, 2.24) is 0 Å². The van der Waals surface area contributed by atoms with Gasteiger partial charge in [-0.05, 0) is 12.5 Å². The molecule has 4 heteroatoms. The number of rotatable bonds is 6. The molecule has 25 heavy (non-hydrogen) atoms. The summed E-state index contributed by atoms with van der Waals surface area (Å²) in [6.07, 6.45) is -0.315. The van der Waals surface area contributed by atoms with E-state index < -0.39 is 11.3 Å². The zero-order chi connectivity index (χ0) is 18.4. The molecule has 2 rings (SSSR count). The van der Waals surface area contributed by atoms with Crippen molar-refractivity contribution in [2.45, 2.75) is 20.3 Å². The molecule has 2 aromatic carbocycles. The molecule has 0 aromatic heterocycles. The van der Waals surface area contributed by atoms with Gasteiger partial charge in [-0.2, -0.15) is 10.5 Å². The number of carbonyl (C=O) groups excluding carboxylic acids is 2. The fourth-order valence-electron chi connectivity index (χ4n) is 2.76. The van der Waals surface area contributed by atoms with E-state index in [0.717, 1.165) is 5.56 Å². The molecule has 1 atom stereocenters. The minimum absolute atomic E-state index is 0.311. The lowest BCUT2D eigenvalue weighted by molar-refractivity contribution is 0.0837. The maximum Gasteiger partial charge on any atom is 0.168 e. The van der Waals surface area contributed by atoms with Gasteiger partial charge >= 0.3 is 0 Å². The van der Waals surface area contributed by atoms with Crippen LogP contribution in [0.15, 0.2) is 54.6 Å².